The first-order valence-electron chi connectivity index (χ1n) is 28.0. The Hall–Kier alpha value is -4.53. The highest BCUT2D eigenvalue weighted by atomic mass is 16.5. The standard InChI is InChI=1S/C61H90O9/c1-65-54(62)42-27-21-15-9-5-4-6-12-18-24-30-45-68-51-39-33-36-48-57-49-37-34-40-52(69-46-31-25-19-13-7-10-16-22-28-43-55(63)66-2)59(49)61(58(48)51)60-50(57)38-35-41-53(60)70-47-32-26-20-14-8-11-17-23-29-44-56(64)67-3/h33-41,57,61H,4-32,42-47H2,1-3H3. The maximum absolute atomic E-state index is 11.4. The molecule has 3 aromatic rings. The monoisotopic (exact) mass is 967 g/mol. The van der Waals surface area contributed by atoms with Gasteiger partial charge in [0.15, 0.2) is 0 Å². The van der Waals surface area contributed by atoms with Crippen LogP contribution >= 0.6 is 0 Å². The van der Waals surface area contributed by atoms with Crippen molar-refractivity contribution >= 4 is 17.9 Å². The zero-order valence-electron chi connectivity index (χ0n) is 43.8. The molecule has 9 heteroatoms. The van der Waals surface area contributed by atoms with Gasteiger partial charge in [-0.15, -0.1) is 0 Å². The average molecular weight is 967 g/mol. The van der Waals surface area contributed by atoms with Crippen LogP contribution in [0.25, 0.3) is 0 Å². The van der Waals surface area contributed by atoms with E-state index in [1.807, 2.05) is 0 Å². The van der Waals surface area contributed by atoms with E-state index in [0.29, 0.717) is 39.1 Å². The highest BCUT2D eigenvalue weighted by Crippen LogP contribution is 2.61. The lowest BCUT2D eigenvalue weighted by Crippen LogP contribution is -2.29. The SMILES string of the molecule is COC(=O)CCCCCCCCCCCCCOc1cccc2c1C1c3c(OCCCCCCCCCCCC(=O)OC)cccc3C2c2cccc(OCCCCCCCCCCCC(=O)OC)c21. The van der Waals surface area contributed by atoms with Gasteiger partial charge in [0.1, 0.15) is 17.2 Å². The van der Waals surface area contributed by atoms with Crippen LogP contribution in [0, 0.1) is 0 Å². The molecule has 0 heterocycles. The molecular weight excluding hydrogens is 877 g/mol. The Morgan fingerprint density at radius 3 is 0.786 bits per heavy atom. The van der Waals surface area contributed by atoms with Gasteiger partial charge in [-0.1, -0.05) is 184 Å². The fraction of sp³-hybridized carbons (Fsp3) is 0.656. The number of hydrogen-bond acceptors (Lipinski definition) is 9. The minimum atomic E-state index is -0.103. The molecule has 3 aromatic carbocycles. The van der Waals surface area contributed by atoms with Crippen molar-refractivity contribution in [2.75, 3.05) is 41.2 Å². The quantitative estimate of drug-likeness (QED) is 0.0215. The minimum absolute atomic E-state index is 0.0401. The van der Waals surface area contributed by atoms with Crippen molar-refractivity contribution in [2.45, 2.75) is 217 Å². The molecule has 0 aliphatic heterocycles. The largest absolute Gasteiger partial charge is 0.493 e. The van der Waals surface area contributed by atoms with Crippen molar-refractivity contribution in [3.63, 3.8) is 0 Å². The lowest BCUT2D eigenvalue weighted by molar-refractivity contribution is -0.141. The maximum atomic E-state index is 11.4. The number of esters is 3. The van der Waals surface area contributed by atoms with Crippen molar-refractivity contribution in [3.05, 3.63) is 88.0 Å². The van der Waals surface area contributed by atoms with Gasteiger partial charge in [0.25, 0.3) is 0 Å². The first-order chi connectivity index (χ1) is 34.5. The fourth-order valence-corrected chi connectivity index (χ4v) is 10.7. The normalized spacial score (nSPS) is 14.1. The van der Waals surface area contributed by atoms with E-state index in [0.717, 1.165) is 87.9 Å². The van der Waals surface area contributed by atoms with Crippen LogP contribution in [-0.2, 0) is 28.6 Å². The third-order valence-corrected chi connectivity index (χ3v) is 14.6. The lowest BCUT2D eigenvalue weighted by atomic mass is 9.60. The molecule has 0 N–H and O–H groups in total. The zero-order chi connectivity index (χ0) is 49.4. The molecule has 6 rings (SSSR count). The van der Waals surface area contributed by atoms with Gasteiger partial charge < -0.3 is 28.4 Å². The van der Waals surface area contributed by atoms with Crippen LogP contribution in [0.15, 0.2) is 54.6 Å². The molecule has 0 saturated carbocycles. The van der Waals surface area contributed by atoms with Crippen molar-refractivity contribution in [1.82, 2.24) is 0 Å². The molecule has 70 heavy (non-hydrogen) atoms. The summed E-state index contributed by atoms with van der Waals surface area (Å²) < 4.78 is 34.7. The molecule has 9 nitrogen and oxygen atoms in total. The van der Waals surface area contributed by atoms with Crippen LogP contribution in [0.1, 0.15) is 251 Å². The summed E-state index contributed by atoms with van der Waals surface area (Å²) in [4.78, 5) is 34.1. The van der Waals surface area contributed by atoms with Crippen molar-refractivity contribution < 1.29 is 42.8 Å². The van der Waals surface area contributed by atoms with E-state index < -0.39 is 0 Å². The van der Waals surface area contributed by atoms with Gasteiger partial charge in [-0.3, -0.25) is 14.4 Å². The van der Waals surface area contributed by atoms with Crippen molar-refractivity contribution in [3.8, 4) is 17.2 Å². The number of ether oxygens (including phenoxy) is 6. The Balaban J connectivity index is 1.15. The van der Waals surface area contributed by atoms with E-state index >= 15 is 0 Å². The van der Waals surface area contributed by atoms with Crippen molar-refractivity contribution in [2.24, 2.45) is 0 Å². The van der Waals surface area contributed by atoms with Gasteiger partial charge in [-0.2, -0.15) is 0 Å². The van der Waals surface area contributed by atoms with Crippen LogP contribution < -0.4 is 14.2 Å². The molecule has 0 fully saturated rings. The third kappa shape index (κ3) is 18.9. The average Bonchev–Trinajstić information content (AvgIpc) is 3.38. The predicted molar refractivity (Wildman–Crippen MR) is 281 cm³/mol. The summed E-state index contributed by atoms with van der Waals surface area (Å²) in [7, 11) is 4.39. The Bertz CT molecular complexity index is 1860. The number of unbranched alkanes of at least 4 members (excludes halogenated alkanes) is 26. The molecule has 388 valence electrons. The Morgan fingerprint density at radius 2 is 0.543 bits per heavy atom. The molecule has 3 aliphatic carbocycles. The maximum Gasteiger partial charge on any atom is 0.305 e. The predicted octanol–water partition coefficient (Wildman–Crippen LogP) is 15.8. The summed E-state index contributed by atoms with van der Waals surface area (Å²) in [6, 6.07) is 20.1. The number of hydrogen-bond donors (Lipinski definition) is 0. The number of carbonyl (C=O) groups is 3. The van der Waals surface area contributed by atoms with E-state index in [4.69, 9.17) is 28.4 Å². The molecule has 0 aromatic heterocycles. The molecular formula is C61H90O9. The molecule has 0 spiro atoms. The molecule has 0 unspecified atom stereocenters. The number of rotatable bonds is 41. The van der Waals surface area contributed by atoms with Crippen LogP contribution in [0.5, 0.6) is 17.2 Å². The molecule has 0 saturated heterocycles. The highest BCUT2D eigenvalue weighted by molar-refractivity contribution is 5.75. The van der Waals surface area contributed by atoms with Gasteiger partial charge >= 0.3 is 17.9 Å². The van der Waals surface area contributed by atoms with E-state index in [1.54, 1.807) is 0 Å². The van der Waals surface area contributed by atoms with Gasteiger partial charge in [0.2, 0.25) is 0 Å². The van der Waals surface area contributed by atoms with Crippen LogP contribution in [0.2, 0.25) is 0 Å². The summed E-state index contributed by atoms with van der Waals surface area (Å²) in [5.74, 6) is 2.71. The topological polar surface area (TPSA) is 107 Å². The lowest BCUT2D eigenvalue weighted by Gasteiger charge is -2.44. The summed E-state index contributed by atoms with van der Waals surface area (Å²) >= 11 is 0. The second kappa shape index (κ2) is 33.9. The van der Waals surface area contributed by atoms with E-state index in [2.05, 4.69) is 54.6 Å². The Labute approximate surface area is 422 Å². The molecule has 0 radical (unpaired) electrons. The first-order valence-corrected chi connectivity index (χ1v) is 28.0. The van der Waals surface area contributed by atoms with Gasteiger partial charge in [-0.05, 0) is 73.4 Å². The zero-order valence-corrected chi connectivity index (χ0v) is 43.8. The van der Waals surface area contributed by atoms with Crippen molar-refractivity contribution in [1.29, 1.82) is 0 Å². The van der Waals surface area contributed by atoms with Crippen LogP contribution in [0.4, 0.5) is 0 Å². The van der Waals surface area contributed by atoms with Gasteiger partial charge in [-0.25, -0.2) is 0 Å². The molecule has 3 aliphatic rings. The van der Waals surface area contributed by atoms with Crippen LogP contribution in [-0.4, -0.2) is 59.1 Å². The second-order valence-corrected chi connectivity index (χ2v) is 19.9. The first kappa shape index (κ1) is 56.4. The van der Waals surface area contributed by atoms with E-state index in [-0.39, 0.29) is 29.7 Å². The Kier molecular flexibility index (Phi) is 27.3. The van der Waals surface area contributed by atoms with Gasteiger partial charge in [0.05, 0.1) is 41.2 Å². The summed E-state index contributed by atoms with van der Waals surface area (Å²) in [6.07, 6.45) is 35.3. The second-order valence-electron chi connectivity index (χ2n) is 19.9. The number of benzene rings is 3. The summed E-state index contributed by atoms with van der Waals surface area (Å²) in [5, 5.41) is 0. The van der Waals surface area contributed by atoms with Gasteiger partial charge in [0, 0.05) is 47.8 Å². The smallest absolute Gasteiger partial charge is 0.305 e. The summed E-state index contributed by atoms with van der Waals surface area (Å²) in [6.45, 7) is 2.11. The van der Waals surface area contributed by atoms with E-state index in [1.165, 1.54) is 170 Å². The number of carbonyl (C=O) groups excluding carboxylic acids is 3. The van der Waals surface area contributed by atoms with E-state index in [9.17, 15) is 14.4 Å². The molecule has 2 bridgehead atoms. The van der Waals surface area contributed by atoms with Crippen LogP contribution in [0.3, 0.4) is 0 Å². The fourth-order valence-electron chi connectivity index (χ4n) is 10.7. The number of methoxy groups -OCH3 is 3. The third-order valence-electron chi connectivity index (χ3n) is 14.6. The Morgan fingerprint density at radius 1 is 0.314 bits per heavy atom. The highest BCUT2D eigenvalue weighted by Gasteiger charge is 2.46. The summed E-state index contributed by atoms with van der Waals surface area (Å²) in [5.41, 5.74) is 7.85. The minimum Gasteiger partial charge on any atom is -0.493 e. The molecule has 0 amide bonds. The molecule has 0 atom stereocenters.